The zero-order valence-electron chi connectivity index (χ0n) is 12.9. The summed E-state index contributed by atoms with van der Waals surface area (Å²) in [5.74, 6) is 1.21. The summed E-state index contributed by atoms with van der Waals surface area (Å²) in [6.45, 7) is 5.65. The van der Waals surface area contributed by atoms with Crippen LogP contribution < -0.4 is 4.90 Å². The van der Waals surface area contributed by atoms with Gasteiger partial charge in [0.1, 0.15) is 0 Å². The van der Waals surface area contributed by atoms with E-state index in [1.807, 2.05) is 49.4 Å². The van der Waals surface area contributed by atoms with Gasteiger partial charge in [-0.2, -0.15) is 0 Å². The van der Waals surface area contributed by atoms with E-state index >= 15 is 0 Å². The van der Waals surface area contributed by atoms with Gasteiger partial charge in [-0.05, 0) is 37.6 Å². The van der Waals surface area contributed by atoms with Crippen LogP contribution in [0.15, 0.2) is 59.0 Å². The van der Waals surface area contributed by atoms with E-state index in [1.165, 1.54) is 0 Å². The second-order valence-electron chi connectivity index (χ2n) is 5.17. The van der Waals surface area contributed by atoms with Gasteiger partial charge in [0, 0.05) is 17.8 Å². The molecule has 22 heavy (non-hydrogen) atoms. The zero-order valence-corrected chi connectivity index (χ0v) is 12.9. The Morgan fingerprint density at radius 2 is 1.68 bits per heavy atom. The van der Waals surface area contributed by atoms with E-state index < -0.39 is 0 Å². The van der Waals surface area contributed by atoms with E-state index in [-0.39, 0.29) is 0 Å². The maximum absolute atomic E-state index is 5.84. The highest BCUT2D eigenvalue weighted by Gasteiger charge is 2.13. The summed E-state index contributed by atoms with van der Waals surface area (Å²) < 4.78 is 5.84. The van der Waals surface area contributed by atoms with Gasteiger partial charge in [-0.3, -0.25) is 0 Å². The largest absolute Gasteiger partial charge is 0.419 e. The smallest absolute Gasteiger partial charge is 0.248 e. The molecule has 0 N–H and O–H groups in total. The van der Waals surface area contributed by atoms with Gasteiger partial charge in [0.25, 0.3) is 0 Å². The Labute approximate surface area is 130 Å². The van der Waals surface area contributed by atoms with Crippen molar-refractivity contribution in [2.45, 2.75) is 20.4 Å². The fourth-order valence-corrected chi connectivity index (χ4v) is 2.43. The van der Waals surface area contributed by atoms with Crippen LogP contribution in [-0.2, 0) is 6.54 Å². The predicted octanol–water partition coefficient (Wildman–Crippen LogP) is 4.07. The molecule has 0 bridgehead atoms. The molecule has 112 valence electrons. The van der Waals surface area contributed by atoms with Crippen molar-refractivity contribution in [3.8, 4) is 11.5 Å². The van der Waals surface area contributed by atoms with Gasteiger partial charge in [0.2, 0.25) is 11.8 Å². The lowest BCUT2D eigenvalue weighted by molar-refractivity contribution is 0.499. The topological polar surface area (TPSA) is 42.2 Å². The third kappa shape index (κ3) is 3.01. The molecular weight excluding hydrogens is 274 g/mol. The molecule has 0 radical (unpaired) electrons. The normalized spacial score (nSPS) is 10.6. The second kappa shape index (κ2) is 6.43. The van der Waals surface area contributed by atoms with Crippen molar-refractivity contribution in [3.63, 3.8) is 0 Å². The minimum atomic E-state index is 0.581. The Morgan fingerprint density at radius 1 is 0.955 bits per heavy atom. The number of benzene rings is 2. The highest BCUT2D eigenvalue weighted by Crippen LogP contribution is 2.23. The number of para-hydroxylation sites is 1. The highest BCUT2D eigenvalue weighted by molar-refractivity contribution is 5.57. The summed E-state index contributed by atoms with van der Waals surface area (Å²) in [6, 6.07) is 18.3. The molecule has 4 heteroatoms. The molecule has 3 rings (SSSR count). The number of hydrogen-bond acceptors (Lipinski definition) is 4. The monoisotopic (exact) mass is 293 g/mol. The lowest BCUT2D eigenvalue weighted by Crippen LogP contribution is -2.22. The molecule has 0 aliphatic heterocycles. The van der Waals surface area contributed by atoms with Gasteiger partial charge < -0.3 is 9.32 Å². The molecule has 0 saturated carbocycles. The van der Waals surface area contributed by atoms with Crippen LogP contribution in [0.3, 0.4) is 0 Å². The fourth-order valence-electron chi connectivity index (χ4n) is 2.43. The minimum Gasteiger partial charge on any atom is -0.419 e. The van der Waals surface area contributed by atoms with Crippen molar-refractivity contribution in [1.82, 2.24) is 10.2 Å². The first-order chi connectivity index (χ1) is 10.8. The molecule has 4 nitrogen and oxygen atoms in total. The number of nitrogens with zero attached hydrogens (tertiary/aromatic N) is 3. The van der Waals surface area contributed by atoms with Crippen LogP contribution in [0.4, 0.5) is 5.69 Å². The van der Waals surface area contributed by atoms with Crippen LogP contribution in [0.1, 0.15) is 18.4 Å². The Kier molecular flexibility index (Phi) is 4.19. The van der Waals surface area contributed by atoms with Gasteiger partial charge >= 0.3 is 0 Å². The van der Waals surface area contributed by atoms with Crippen LogP contribution in [-0.4, -0.2) is 16.7 Å². The van der Waals surface area contributed by atoms with Gasteiger partial charge in [0.15, 0.2) is 0 Å². The van der Waals surface area contributed by atoms with Crippen LogP contribution in [0, 0.1) is 6.92 Å². The van der Waals surface area contributed by atoms with Crippen molar-refractivity contribution in [2.24, 2.45) is 0 Å². The van der Waals surface area contributed by atoms with Crippen molar-refractivity contribution >= 4 is 5.69 Å². The second-order valence-corrected chi connectivity index (χ2v) is 5.17. The molecule has 3 aromatic rings. The van der Waals surface area contributed by atoms with E-state index in [0.29, 0.717) is 18.3 Å². The Morgan fingerprint density at radius 3 is 2.41 bits per heavy atom. The molecule has 0 atom stereocenters. The first-order valence-corrected chi connectivity index (χ1v) is 7.46. The predicted molar refractivity (Wildman–Crippen MR) is 87.6 cm³/mol. The summed E-state index contributed by atoms with van der Waals surface area (Å²) >= 11 is 0. The number of aryl methyl sites for hydroxylation is 1. The maximum atomic E-state index is 5.84. The van der Waals surface area contributed by atoms with Gasteiger partial charge in [0.05, 0.1) is 6.54 Å². The first kappa shape index (κ1) is 14.3. The van der Waals surface area contributed by atoms with Crippen LogP contribution >= 0.6 is 0 Å². The van der Waals surface area contributed by atoms with E-state index in [2.05, 4.69) is 34.2 Å². The van der Waals surface area contributed by atoms with Crippen molar-refractivity contribution < 1.29 is 4.42 Å². The van der Waals surface area contributed by atoms with Crippen molar-refractivity contribution in [3.05, 3.63) is 66.1 Å². The van der Waals surface area contributed by atoms with Crippen LogP contribution in [0.25, 0.3) is 11.5 Å². The molecule has 0 aliphatic carbocycles. The molecule has 0 aliphatic rings. The highest BCUT2D eigenvalue weighted by atomic mass is 16.4. The lowest BCUT2D eigenvalue weighted by Gasteiger charge is -2.20. The van der Waals surface area contributed by atoms with E-state index in [0.717, 1.165) is 23.4 Å². The molecule has 2 aromatic carbocycles. The third-order valence-electron chi connectivity index (χ3n) is 3.67. The van der Waals surface area contributed by atoms with Gasteiger partial charge in [-0.25, -0.2) is 0 Å². The SMILES string of the molecule is CCN(Cc1nnc(-c2ccccc2C)o1)c1ccccc1. The van der Waals surface area contributed by atoms with Crippen molar-refractivity contribution in [1.29, 1.82) is 0 Å². The number of anilines is 1. The standard InChI is InChI=1S/C18H19N3O/c1-3-21(15-10-5-4-6-11-15)13-17-19-20-18(22-17)16-12-8-7-9-14(16)2/h4-12H,3,13H2,1-2H3. The molecule has 0 amide bonds. The minimum absolute atomic E-state index is 0.581. The fraction of sp³-hybridized carbons (Fsp3) is 0.222. The molecule has 0 fully saturated rings. The molecule has 0 saturated heterocycles. The van der Waals surface area contributed by atoms with E-state index in [1.54, 1.807) is 0 Å². The van der Waals surface area contributed by atoms with E-state index in [4.69, 9.17) is 4.42 Å². The summed E-state index contributed by atoms with van der Waals surface area (Å²) in [5.41, 5.74) is 3.28. The van der Waals surface area contributed by atoms with E-state index in [9.17, 15) is 0 Å². The summed E-state index contributed by atoms with van der Waals surface area (Å²) in [7, 11) is 0. The van der Waals surface area contributed by atoms with Crippen molar-refractivity contribution in [2.75, 3.05) is 11.4 Å². The average molecular weight is 293 g/mol. The quantitative estimate of drug-likeness (QED) is 0.711. The number of hydrogen-bond donors (Lipinski definition) is 0. The summed E-state index contributed by atoms with van der Waals surface area (Å²) in [4.78, 5) is 2.20. The van der Waals surface area contributed by atoms with Crippen LogP contribution in [0.5, 0.6) is 0 Å². The Hall–Kier alpha value is -2.62. The Bertz CT molecular complexity index is 737. The first-order valence-electron chi connectivity index (χ1n) is 7.46. The molecule has 0 unspecified atom stereocenters. The molecule has 1 heterocycles. The lowest BCUT2D eigenvalue weighted by atomic mass is 10.1. The molecule has 1 aromatic heterocycles. The average Bonchev–Trinajstić information content (AvgIpc) is 3.02. The van der Waals surface area contributed by atoms with Crippen LogP contribution in [0.2, 0.25) is 0 Å². The summed E-state index contributed by atoms with van der Waals surface area (Å²) in [5, 5.41) is 8.37. The number of rotatable bonds is 5. The summed E-state index contributed by atoms with van der Waals surface area (Å²) in [6.07, 6.45) is 0. The van der Waals surface area contributed by atoms with Gasteiger partial charge in [-0.1, -0.05) is 36.4 Å². The third-order valence-corrected chi connectivity index (χ3v) is 3.67. The molecule has 0 spiro atoms. The van der Waals surface area contributed by atoms with Gasteiger partial charge in [-0.15, -0.1) is 10.2 Å². The number of aromatic nitrogens is 2. The molecular formula is C18H19N3O. The maximum Gasteiger partial charge on any atom is 0.248 e. The zero-order chi connectivity index (χ0) is 15.4. The Balaban J connectivity index is 1.81.